The van der Waals surface area contributed by atoms with Crippen LogP contribution in [0.4, 0.5) is 0 Å². The molecule has 106 valence electrons. The third-order valence-corrected chi connectivity index (χ3v) is 3.12. The highest BCUT2D eigenvalue weighted by molar-refractivity contribution is 6.20. The Bertz CT molecular complexity index is 376. The van der Waals surface area contributed by atoms with Crippen LogP contribution in [0.1, 0.15) is 31.7 Å². The summed E-state index contributed by atoms with van der Waals surface area (Å²) in [4.78, 5) is 11.6. The molecule has 19 heavy (non-hydrogen) atoms. The summed E-state index contributed by atoms with van der Waals surface area (Å²) in [6.45, 7) is 2.67. The van der Waals surface area contributed by atoms with Gasteiger partial charge in [0.15, 0.2) is 0 Å². The van der Waals surface area contributed by atoms with E-state index in [1.807, 2.05) is 31.2 Å². The van der Waals surface area contributed by atoms with E-state index in [0.717, 1.165) is 30.6 Å². The standard InChI is InChI=1S/C15H22ClNO2/c1-12(16)4-3-11-17-15(18)10-7-13-5-8-14(19-2)9-6-13/h5-6,8-9,12H,3-4,7,10-11H2,1-2H3,(H,17,18). The lowest BCUT2D eigenvalue weighted by Crippen LogP contribution is -2.24. The zero-order chi connectivity index (χ0) is 14.1. The molecule has 0 spiro atoms. The Balaban J connectivity index is 2.18. The molecule has 0 aromatic heterocycles. The van der Waals surface area contributed by atoms with E-state index in [1.165, 1.54) is 0 Å². The van der Waals surface area contributed by atoms with Gasteiger partial charge in [-0.25, -0.2) is 0 Å². The minimum atomic E-state index is 0.0954. The van der Waals surface area contributed by atoms with Gasteiger partial charge in [0.1, 0.15) is 5.75 Å². The number of hydrogen-bond acceptors (Lipinski definition) is 2. The van der Waals surface area contributed by atoms with Gasteiger partial charge < -0.3 is 10.1 Å². The van der Waals surface area contributed by atoms with Gasteiger partial charge in [-0.1, -0.05) is 12.1 Å². The molecule has 1 aromatic rings. The summed E-state index contributed by atoms with van der Waals surface area (Å²) in [5.41, 5.74) is 1.14. The first kappa shape index (κ1) is 15.8. The van der Waals surface area contributed by atoms with E-state index < -0.39 is 0 Å². The van der Waals surface area contributed by atoms with Gasteiger partial charge in [0, 0.05) is 18.3 Å². The molecule has 4 heteroatoms. The topological polar surface area (TPSA) is 38.3 Å². The minimum Gasteiger partial charge on any atom is -0.497 e. The number of alkyl halides is 1. The normalized spacial score (nSPS) is 11.9. The second-order valence-electron chi connectivity index (χ2n) is 4.62. The van der Waals surface area contributed by atoms with E-state index in [0.29, 0.717) is 13.0 Å². The van der Waals surface area contributed by atoms with Gasteiger partial charge in [0.2, 0.25) is 5.91 Å². The van der Waals surface area contributed by atoms with Crippen molar-refractivity contribution in [3.05, 3.63) is 29.8 Å². The summed E-state index contributed by atoms with van der Waals surface area (Å²) in [5, 5.41) is 3.09. The van der Waals surface area contributed by atoms with Crippen LogP contribution in [0.25, 0.3) is 0 Å². The first-order chi connectivity index (χ1) is 9.11. The molecule has 1 rings (SSSR count). The molecule has 0 saturated heterocycles. The summed E-state index contributed by atoms with van der Waals surface area (Å²) >= 11 is 5.84. The minimum absolute atomic E-state index is 0.0954. The Morgan fingerprint density at radius 1 is 1.37 bits per heavy atom. The molecule has 1 atom stereocenters. The van der Waals surface area contributed by atoms with Crippen LogP contribution in [-0.4, -0.2) is 24.9 Å². The number of ether oxygens (including phenoxy) is 1. The Labute approximate surface area is 120 Å². The van der Waals surface area contributed by atoms with Gasteiger partial charge in [0.05, 0.1) is 7.11 Å². The quantitative estimate of drug-likeness (QED) is 0.588. The summed E-state index contributed by atoms with van der Waals surface area (Å²) in [7, 11) is 1.64. The fraction of sp³-hybridized carbons (Fsp3) is 0.533. The van der Waals surface area contributed by atoms with Gasteiger partial charge in [0.25, 0.3) is 0 Å². The number of methoxy groups -OCH3 is 1. The largest absolute Gasteiger partial charge is 0.497 e. The van der Waals surface area contributed by atoms with E-state index in [2.05, 4.69) is 5.32 Å². The fourth-order valence-corrected chi connectivity index (χ4v) is 1.90. The number of carbonyl (C=O) groups excluding carboxylic acids is 1. The third kappa shape index (κ3) is 7.06. The monoisotopic (exact) mass is 283 g/mol. The number of hydrogen-bond donors (Lipinski definition) is 1. The molecule has 1 unspecified atom stereocenters. The first-order valence-electron chi connectivity index (χ1n) is 6.65. The Hall–Kier alpha value is -1.22. The molecule has 3 nitrogen and oxygen atoms in total. The highest BCUT2D eigenvalue weighted by atomic mass is 35.5. The highest BCUT2D eigenvalue weighted by Crippen LogP contribution is 2.12. The lowest BCUT2D eigenvalue weighted by atomic mass is 10.1. The predicted octanol–water partition coefficient (Wildman–Crippen LogP) is 3.15. The van der Waals surface area contributed by atoms with Gasteiger partial charge in [-0.3, -0.25) is 4.79 Å². The lowest BCUT2D eigenvalue weighted by Gasteiger charge is -2.06. The lowest BCUT2D eigenvalue weighted by molar-refractivity contribution is -0.121. The van der Waals surface area contributed by atoms with Crippen molar-refractivity contribution in [1.29, 1.82) is 0 Å². The zero-order valence-corrected chi connectivity index (χ0v) is 12.4. The smallest absolute Gasteiger partial charge is 0.220 e. The maximum absolute atomic E-state index is 11.6. The molecule has 0 fully saturated rings. The molecule has 0 heterocycles. The van der Waals surface area contributed by atoms with Crippen molar-refractivity contribution in [3.63, 3.8) is 0 Å². The predicted molar refractivity (Wildman–Crippen MR) is 78.9 cm³/mol. The Kier molecular flexibility index (Phi) is 7.34. The summed E-state index contributed by atoms with van der Waals surface area (Å²) < 4.78 is 5.09. The number of aryl methyl sites for hydroxylation is 1. The molecular weight excluding hydrogens is 262 g/mol. The van der Waals surface area contributed by atoms with Crippen molar-refractivity contribution in [1.82, 2.24) is 5.32 Å². The van der Waals surface area contributed by atoms with Crippen LogP contribution in [-0.2, 0) is 11.2 Å². The molecular formula is C15H22ClNO2. The van der Waals surface area contributed by atoms with Crippen LogP contribution in [0.3, 0.4) is 0 Å². The molecule has 0 aliphatic rings. The first-order valence-corrected chi connectivity index (χ1v) is 7.09. The molecule has 0 radical (unpaired) electrons. The average molecular weight is 284 g/mol. The van der Waals surface area contributed by atoms with Crippen LogP contribution in [0.5, 0.6) is 5.75 Å². The maximum Gasteiger partial charge on any atom is 0.220 e. The zero-order valence-electron chi connectivity index (χ0n) is 11.6. The Morgan fingerprint density at radius 2 is 2.05 bits per heavy atom. The summed E-state index contributed by atoms with van der Waals surface area (Å²) in [6.07, 6.45) is 3.13. The molecule has 1 aromatic carbocycles. The van der Waals surface area contributed by atoms with Crippen LogP contribution in [0.2, 0.25) is 0 Å². The van der Waals surface area contributed by atoms with Crippen molar-refractivity contribution < 1.29 is 9.53 Å². The van der Waals surface area contributed by atoms with Gasteiger partial charge in [-0.2, -0.15) is 0 Å². The van der Waals surface area contributed by atoms with Gasteiger partial charge >= 0.3 is 0 Å². The van der Waals surface area contributed by atoms with Crippen molar-refractivity contribution in [3.8, 4) is 5.75 Å². The number of halogens is 1. The number of carbonyl (C=O) groups is 1. The van der Waals surface area contributed by atoms with E-state index in [4.69, 9.17) is 16.3 Å². The molecule has 0 bridgehead atoms. The van der Waals surface area contributed by atoms with E-state index >= 15 is 0 Å². The van der Waals surface area contributed by atoms with Crippen molar-refractivity contribution >= 4 is 17.5 Å². The van der Waals surface area contributed by atoms with Gasteiger partial charge in [-0.15, -0.1) is 11.6 Å². The molecule has 1 amide bonds. The van der Waals surface area contributed by atoms with E-state index in [9.17, 15) is 4.79 Å². The number of rotatable bonds is 8. The molecule has 0 aliphatic heterocycles. The third-order valence-electron chi connectivity index (χ3n) is 2.90. The molecule has 0 saturated carbocycles. The van der Waals surface area contributed by atoms with Crippen LogP contribution in [0, 0.1) is 0 Å². The van der Waals surface area contributed by atoms with Crippen LogP contribution >= 0.6 is 11.6 Å². The SMILES string of the molecule is COc1ccc(CCC(=O)NCCCC(C)Cl)cc1. The van der Waals surface area contributed by atoms with E-state index in [1.54, 1.807) is 7.11 Å². The van der Waals surface area contributed by atoms with E-state index in [-0.39, 0.29) is 11.3 Å². The number of amides is 1. The maximum atomic E-state index is 11.6. The van der Waals surface area contributed by atoms with Crippen molar-refractivity contribution in [2.75, 3.05) is 13.7 Å². The van der Waals surface area contributed by atoms with Crippen molar-refractivity contribution in [2.45, 2.75) is 38.0 Å². The van der Waals surface area contributed by atoms with Gasteiger partial charge in [-0.05, 0) is 43.9 Å². The highest BCUT2D eigenvalue weighted by Gasteiger charge is 2.03. The Morgan fingerprint density at radius 3 is 2.63 bits per heavy atom. The van der Waals surface area contributed by atoms with Crippen LogP contribution in [0.15, 0.2) is 24.3 Å². The molecule has 0 aliphatic carbocycles. The second kappa shape index (κ2) is 8.81. The second-order valence-corrected chi connectivity index (χ2v) is 5.37. The summed E-state index contributed by atoms with van der Waals surface area (Å²) in [5.74, 6) is 0.932. The molecule has 1 N–H and O–H groups in total. The number of benzene rings is 1. The fourth-order valence-electron chi connectivity index (χ4n) is 1.75. The van der Waals surface area contributed by atoms with Crippen molar-refractivity contribution in [2.24, 2.45) is 0 Å². The summed E-state index contributed by atoms with van der Waals surface area (Å²) in [6, 6.07) is 7.80. The average Bonchev–Trinajstić information content (AvgIpc) is 2.41. The van der Waals surface area contributed by atoms with Crippen LogP contribution < -0.4 is 10.1 Å². The number of nitrogens with one attached hydrogen (secondary N) is 1.